The number of carbonyl (C=O) groups excluding carboxylic acids is 2. The zero-order valence-corrected chi connectivity index (χ0v) is 20.0. The van der Waals surface area contributed by atoms with Crippen LogP contribution < -0.4 is 56.7 Å². The summed E-state index contributed by atoms with van der Waals surface area (Å²) in [5.41, 5.74) is 1.10. The van der Waals surface area contributed by atoms with Gasteiger partial charge in [-0.05, 0) is 45.1 Å². The molecule has 8 heteroatoms. The number of benzene rings is 1. The second-order valence-corrected chi connectivity index (χ2v) is 6.75. The van der Waals surface area contributed by atoms with Crippen molar-refractivity contribution < 1.29 is 77.0 Å². The van der Waals surface area contributed by atoms with Gasteiger partial charge in [-0.2, -0.15) is 0 Å². The molecule has 7 nitrogen and oxygen atoms in total. The molecule has 1 saturated heterocycles. The van der Waals surface area contributed by atoms with Crippen LogP contribution in [-0.2, 0) is 25.5 Å². The Labute approximate surface area is 210 Å². The first-order valence-electron chi connectivity index (χ1n) is 9.44. The van der Waals surface area contributed by atoms with Crippen LogP contribution in [0.3, 0.4) is 0 Å². The number of carboxylic acid groups (broad SMARTS) is 1. The molecular formula is C20H29KN2O5. The number of amides is 1. The van der Waals surface area contributed by atoms with Gasteiger partial charge < -0.3 is 16.2 Å². The van der Waals surface area contributed by atoms with E-state index in [0.717, 1.165) is 5.56 Å². The monoisotopic (exact) mass is 416 g/mol. The van der Waals surface area contributed by atoms with Crippen LogP contribution in [0, 0.1) is 0 Å². The molecule has 1 aliphatic heterocycles. The van der Waals surface area contributed by atoms with Gasteiger partial charge in [0.15, 0.2) is 0 Å². The van der Waals surface area contributed by atoms with E-state index in [4.69, 9.17) is 4.74 Å². The molecule has 0 aliphatic carbocycles. The summed E-state index contributed by atoms with van der Waals surface area (Å²) >= 11 is 0. The van der Waals surface area contributed by atoms with Crippen LogP contribution in [0.4, 0.5) is 0 Å². The molecule has 1 amide bonds. The average molecular weight is 417 g/mol. The van der Waals surface area contributed by atoms with Crippen molar-refractivity contribution in [3.63, 3.8) is 0 Å². The minimum absolute atomic E-state index is 0. The van der Waals surface area contributed by atoms with Crippen molar-refractivity contribution in [3.8, 4) is 0 Å². The Morgan fingerprint density at radius 3 is 2.61 bits per heavy atom. The Morgan fingerprint density at radius 1 is 1.32 bits per heavy atom. The van der Waals surface area contributed by atoms with Crippen molar-refractivity contribution in [1.29, 1.82) is 0 Å². The van der Waals surface area contributed by atoms with Crippen molar-refractivity contribution in [2.75, 3.05) is 13.2 Å². The number of aryl methyl sites for hydroxylation is 1. The molecule has 0 spiro atoms. The maximum atomic E-state index is 12.7. The Morgan fingerprint density at radius 2 is 2.00 bits per heavy atom. The van der Waals surface area contributed by atoms with Crippen LogP contribution in [0.2, 0.25) is 0 Å². The van der Waals surface area contributed by atoms with E-state index in [9.17, 15) is 19.5 Å². The fourth-order valence-electron chi connectivity index (χ4n) is 3.38. The van der Waals surface area contributed by atoms with E-state index in [0.29, 0.717) is 32.2 Å². The summed E-state index contributed by atoms with van der Waals surface area (Å²) in [5, 5.41) is 12.3. The summed E-state index contributed by atoms with van der Waals surface area (Å²) in [5.74, 6) is -1.68. The number of esters is 1. The first-order valence-corrected chi connectivity index (χ1v) is 9.44. The van der Waals surface area contributed by atoms with Gasteiger partial charge in [0, 0.05) is 6.54 Å². The normalized spacial score (nSPS) is 18.1. The first-order chi connectivity index (χ1) is 12.9. The smallest absolute Gasteiger partial charge is 1.00 e. The third-order valence-electron chi connectivity index (χ3n) is 4.78. The second kappa shape index (κ2) is 12.7. The molecule has 28 heavy (non-hydrogen) atoms. The van der Waals surface area contributed by atoms with Crippen LogP contribution in [-0.4, -0.2) is 59.1 Å². The van der Waals surface area contributed by atoms with Gasteiger partial charge in [-0.1, -0.05) is 30.3 Å². The molecule has 150 valence electrons. The van der Waals surface area contributed by atoms with Gasteiger partial charge >= 0.3 is 63.3 Å². The predicted molar refractivity (Wildman–Crippen MR) is 101 cm³/mol. The quantitative estimate of drug-likeness (QED) is 0.385. The van der Waals surface area contributed by atoms with Crippen LogP contribution in [0.25, 0.3) is 0 Å². The largest absolute Gasteiger partial charge is 1.00 e. The fraction of sp³-hybridized carbons (Fsp3) is 0.550. The molecular weight excluding hydrogens is 387 g/mol. The number of hydrogen-bond donors (Lipinski definition) is 2. The van der Waals surface area contributed by atoms with Crippen molar-refractivity contribution in [3.05, 3.63) is 35.9 Å². The van der Waals surface area contributed by atoms with E-state index in [2.05, 4.69) is 5.32 Å². The molecule has 2 rings (SSSR count). The maximum absolute atomic E-state index is 12.7. The number of ether oxygens (including phenoxy) is 1. The fourth-order valence-corrected chi connectivity index (χ4v) is 3.38. The number of nitrogens with zero attached hydrogens (tertiary/aromatic N) is 1. The standard InChI is InChI=1S/C20H28N2O5.K.H/c1-3-27-20(26)16(12-11-15-8-5-4-6-9-15)21-14(2)18(23)22-13-7-10-17(22)19(24)25;;/h4-6,8-9,14,16-17,21H,3,7,10-13H2,1-2H3,(H,24,25);;/q;+1;-1/t14-,16-,17-;;/m0../s1. The van der Waals surface area contributed by atoms with Gasteiger partial charge in [-0.25, -0.2) is 4.79 Å². The van der Waals surface area contributed by atoms with Crippen LogP contribution in [0.5, 0.6) is 0 Å². The molecule has 1 aliphatic rings. The van der Waals surface area contributed by atoms with E-state index in [1.165, 1.54) is 4.90 Å². The maximum Gasteiger partial charge on any atom is 1.00 e. The molecule has 0 saturated carbocycles. The molecule has 3 atom stereocenters. The van der Waals surface area contributed by atoms with E-state index < -0.39 is 30.1 Å². The molecule has 1 heterocycles. The Bertz CT molecular complexity index is 662. The van der Waals surface area contributed by atoms with E-state index in [1.807, 2.05) is 30.3 Å². The van der Waals surface area contributed by atoms with Gasteiger partial charge in [0.2, 0.25) is 5.91 Å². The third kappa shape index (κ3) is 7.24. The van der Waals surface area contributed by atoms with Crippen molar-refractivity contribution in [1.82, 2.24) is 10.2 Å². The van der Waals surface area contributed by atoms with Gasteiger partial charge in [0.05, 0.1) is 12.6 Å². The predicted octanol–water partition coefficient (Wildman–Crippen LogP) is -1.28. The van der Waals surface area contributed by atoms with Gasteiger partial charge in [-0.15, -0.1) is 0 Å². The Balaban J connectivity index is 0.00000392. The number of carbonyl (C=O) groups is 3. The van der Waals surface area contributed by atoms with Crippen LogP contribution in [0.1, 0.15) is 40.1 Å². The first kappa shape index (κ1) is 25.3. The third-order valence-corrected chi connectivity index (χ3v) is 4.78. The average Bonchev–Trinajstić information content (AvgIpc) is 3.15. The van der Waals surface area contributed by atoms with Crippen molar-refractivity contribution >= 4 is 17.8 Å². The van der Waals surface area contributed by atoms with Gasteiger partial charge in [0.1, 0.15) is 12.1 Å². The van der Waals surface area contributed by atoms with Gasteiger partial charge in [0.25, 0.3) is 0 Å². The van der Waals surface area contributed by atoms with Gasteiger partial charge in [-0.3, -0.25) is 14.9 Å². The molecule has 1 aromatic rings. The second-order valence-electron chi connectivity index (χ2n) is 6.75. The topological polar surface area (TPSA) is 95.9 Å². The molecule has 0 bridgehead atoms. The van der Waals surface area contributed by atoms with E-state index in [-0.39, 0.29) is 65.3 Å². The minimum Gasteiger partial charge on any atom is -1.00 e. The van der Waals surface area contributed by atoms with Crippen LogP contribution in [0.15, 0.2) is 30.3 Å². The summed E-state index contributed by atoms with van der Waals surface area (Å²) < 4.78 is 5.14. The zero-order chi connectivity index (χ0) is 19.8. The molecule has 2 N–H and O–H groups in total. The van der Waals surface area contributed by atoms with E-state index in [1.54, 1.807) is 13.8 Å². The number of carboxylic acids is 1. The summed E-state index contributed by atoms with van der Waals surface area (Å²) in [4.78, 5) is 37.7. The number of nitrogens with one attached hydrogen (secondary N) is 1. The molecule has 1 aromatic carbocycles. The SMILES string of the molecule is CCOC(=O)[C@H](CCc1ccccc1)N[C@@H](C)C(=O)N1CCC[C@H]1C(=O)O.[H-].[K+]. The summed E-state index contributed by atoms with van der Waals surface area (Å²) in [7, 11) is 0. The molecule has 0 radical (unpaired) electrons. The number of rotatable bonds is 9. The van der Waals surface area contributed by atoms with Crippen molar-refractivity contribution in [2.45, 2.75) is 57.7 Å². The minimum atomic E-state index is -0.987. The van der Waals surface area contributed by atoms with Crippen molar-refractivity contribution in [2.24, 2.45) is 0 Å². The number of likely N-dealkylation sites (tertiary alicyclic amines) is 1. The Kier molecular flexibility index (Phi) is 11.5. The summed E-state index contributed by atoms with van der Waals surface area (Å²) in [6.07, 6.45) is 2.29. The Hall–Kier alpha value is -0.774. The molecule has 1 fully saturated rings. The van der Waals surface area contributed by atoms with E-state index >= 15 is 0 Å². The summed E-state index contributed by atoms with van der Waals surface area (Å²) in [6, 6.07) is 7.69. The molecule has 0 aromatic heterocycles. The molecule has 0 unspecified atom stereocenters. The summed E-state index contributed by atoms with van der Waals surface area (Å²) in [6.45, 7) is 4.09. The zero-order valence-electron chi connectivity index (χ0n) is 17.9. The number of aliphatic carboxylic acids is 1. The number of hydrogen-bond acceptors (Lipinski definition) is 5. The van der Waals surface area contributed by atoms with Crippen LogP contribution >= 0.6 is 0 Å².